The zero-order valence-corrected chi connectivity index (χ0v) is 13.5. The molecule has 0 saturated heterocycles. The highest BCUT2D eigenvalue weighted by atomic mass is 16.5. The molecule has 2 aromatic carbocycles. The molecule has 0 heterocycles. The normalized spacial score (nSPS) is 10.7. The summed E-state index contributed by atoms with van der Waals surface area (Å²) in [5.74, 6) is 0.647. The number of anilines is 2. The van der Waals surface area contributed by atoms with Gasteiger partial charge >= 0.3 is 0 Å². The maximum absolute atomic E-state index is 12.0. The average molecular weight is 310 g/mol. The summed E-state index contributed by atoms with van der Waals surface area (Å²) < 4.78 is 5.52. The van der Waals surface area contributed by atoms with Crippen LogP contribution in [0.4, 0.5) is 11.4 Å². The Morgan fingerprint density at radius 3 is 2.65 bits per heavy atom. The van der Waals surface area contributed by atoms with Gasteiger partial charge in [0.25, 0.3) is 0 Å². The van der Waals surface area contributed by atoms with E-state index in [4.69, 9.17) is 10.5 Å². The number of nitrogens with one attached hydrogen (secondary N) is 1. The molecule has 4 heteroatoms. The van der Waals surface area contributed by atoms with Crippen molar-refractivity contribution in [1.82, 2.24) is 0 Å². The molecule has 0 atom stereocenters. The van der Waals surface area contributed by atoms with Gasteiger partial charge in [0, 0.05) is 17.5 Å². The van der Waals surface area contributed by atoms with Gasteiger partial charge < -0.3 is 15.8 Å². The Bertz CT molecular complexity index is 691. The molecule has 2 rings (SSSR count). The fourth-order valence-electron chi connectivity index (χ4n) is 2.03. The summed E-state index contributed by atoms with van der Waals surface area (Å²) in [4.78, 5) is 12.0. The first-order chi connectivity index (χ1) is 11.1. The van der Waals surface area contributed by atoms with Crippen LogP contribution >= 0.6 is 0 Å². The molecule has 3 N–H and O–H groups in total. The Labute approximate surface area is 137 Å². The van der Waals surface area contributed by atoms with Gasteiger partial charge in [0.2, 0.25) is 5.91 Å². The second kappa shape index (κ2) is 8.03. The fourth-order valence-corrected chi connectivity index (χ4v) is 2.03. The summed E-state index contributed by atoms with van der Waals surface area (Å²) in [6.45, 7) is 4.65. The van der Waals surface area contributed by atoms with E-state index >= 15 is 0 Å². The molecule has 0 aliphatic rings. The van der Waals surface area contributed by atoms with Crippen LogP contribution in [0.5, 0.6) is 5.75 Å². The van der Waals surface area contributed by atoms with Crippen LogP contribution in [0.1, 0.15) is 24.5 Å². The van der Waals surface area contributed by atoms with Gasteiger partial charge in [-0.25, -0.2) is 0 Å². The number of ether oxygens (including phenoxy) is 1. The van der Waals surface area contributed by atoms with Crippen molar-refractivity contribution in [3.8, 4) is 5.75 Å². The maximum atomic E-state index is 12.0. The number of rotatable bonds is 6. The zero-order chi connectivity index (χ0) is 16.7. The molecule has 0 unspecified atom stereocenters. The largest absolute Gasteiger partial charge is 0.494 e. The number of carbonyl (C=O) groups is 1. The van der Waals surface area contributed by atoms with Crippen LogP contribution in [0.15, 0.2) is 48.5 Å². The molecule has 0 aliphatic heterocycles. The third-order valence-corrected chi connectivity index (χ3v) is 3.41. The molecule has 4 nitrogen and oxygen atoms in total. The monoisotopic (exact) mass is 310 g/mol. The number of hydrogen-bond acceptors (Lipinski definition) is 3. The first-order valence-electron chi connectivity index (χ1n) is 7.67. The molecule has 0 spiro atoms. The van der Waals surface area contributed by atoms with Crippen LogP contribution in [0.25, 0.3) is 6.08 Å². The van der Waals surface area contributed by atoms with Gasteiger partial charge in [0.05, 0.1) is 6.61 Å². The van der Waals surface area contributed by atoms with E-state index in [0.717, 1.165) is 29.0 Å². The number of amides is 1. The molecule has 0 saturated carbocycles. The van der Waals surface area contributed by atoms with Gasteiger partial charge in [-0.05, 0) is 54.8 Å². The molecule has 1 amide bonds. The van der Waals surface area contributed by atoms with Crippen LogP contribution in [0, 0.1) is 6.92 Å². The van der Waals surface area contributed by atoms with E-state index in [1.54, 1.807) is 6.08 Å². The molecule has 0 fully saturated rings. The van der Waals surface area contributed by atoms with Crippen molar-refractivity contribution in [2.45, 2.75) is 20.3 Å². The first-order valence-corrected chi connectivity index (χ1v) is 7.67. The minimum atomic E-state index is -0.190. The fraction of sp³-hybridized carbons (Fsp3) is 0.211. The Balaban J connectivity index is 1.96. The predicted molar refractivity (Wildman–Crippen MR) is 95.5 cm³/mol. The van der Waals surface area contributed by atoms with Gasteiger partial charge in [-0.2, -0.15) is 0 Å². The van der Waals surface area contributed by atoms with E-state index in [1.807, 2.05) is 49.4 Å². The lowest BCUT2D eigenvalue weighted by Gasteiger charge is -2.08. The molecule has 2 aromatic rings. The topological polar surface area (TPSA) is 64.3 Å². The van der Waals surface area contributed by atoms with Gasteiger partial charge in [-0.1, -0.05) is 25.1 Å². The molecule has 0 aromatic heterocycles. The lowest BCUT2D eigenvalue weighted by atomic mass is 10.1. The summed E-state index contributed by atoms with van der Waals surface area (Å²) in [5.41, 5.74) is 9.02. The second-order valence-electron chi connectivity index (χ2n) is 5.26. The zero-order valence-electron chi connectivity index (χ0n) is 13.5. The van der Waals surface area contributed by atoms with Crippen molar-refractivity contribution < 1.29 is 9.53 Å². The van der Waals surface area contributed by atoms with Crippen molar-refractivity contribution in [3.63, 3.8) is 0 Å². The SMILES string of the molecule is CCCOc1ccc(/C=C/C(=O)Nc2cccc(N)c2C)cc1. The number of benzene rings is 2. The highest BCUT2D eigenvalue weighted by Crippen LogP contribution is 2.20. The van der Waals surface area contributed by atoms with Crippen LogP contribution in [-0.4, -0.2) is 12.5 Å². The van der Waals surface area contributed by atoms with Crippen LogP contribution in [-0.2, 0) is 4.79 Å². The first kappa shape index (κ1) is 16.6. The summed E-state index contributed by atoms with van der Waals surface area (Å²) in [7, 11) is 0. The molecule has 0 bridgehead atoms. The molecule has 23 heavy (non-hydrogen) atoms. The third-order valence-electron chi connectivity index (χ3n) is 3.41. The van der Waals surface area contributed by atoms with E-state index in [2.05, 4.69) is 12.2 Å². The van der Waals surface area contributed by atoms with Crippen LogP contribution < -0.4 is 15.8 Å². The quantitative estimate of drug-likeness (QED) is 0.625. The highest BCUT2D eigenvalue weighted by molar-refractivity contribution is 6.02. The lowest BCUT2D eigenvalue weighted by Crippen LogP contribution is -2.09. The Morgan fingerprint density at radius 2 is 1.96 bits per heavy atom. The second-order valence-corrected chi connectivity index (χ2v) is 5.26. The van der Waals surface area contributed by atoms with E-state index in [0.29, 0.717) is 12.3 Å². The molecular formula is C19H22N2O2. The van der Waals surface area contributed by atoms with Crippen LogP contribution in [0.3, 0.4) is 0 Å². The Hall–Kier alpha value is -2.75. The minimum Gasteiger partial charge on any atom is -0.494 e. The molecule has 0 aliphatic carbocycles. The smallest absolute Gasteiger partial charge is 0.248 e. The summed E-state index contributed by atoms with van der Waals surface area (Å²) in [6, 6.07) is 13.1. The molecular weight excluding hydrogens is 288 g/mol. The number of carbonyl (C=O) groups excluding carboxylic acids is 1. The van der Waals surface area contributed by atoms with E-state index in [1.165, 1.54) is 6.08 Å². The standard InChI is InChI=1S/C19H22N2O2/c1-3-13-23-16-10-7-15(8-11-16)9-12-19(22)21-18-6-4-5-17(20)14(18)2/h4-12H,3,13,20H2,1-2H3,(H,21,22)/b12-9+. The van der Waals surface area contributed by atoms with Gasteiger partial charge in [0.15, 0.2) is 0 Å². The number of hydrogen-bond donors (Lipinski definition) is 2. The predicted octanol–water partition coefficient (Wildman–Crippen LogP) is 4.02. The minimum absolute atomic E-state index is 0.190. The summed E-state index contributed by atoms with van der Waals surface area (Å²) >= 11 is 0. The Kier molecular flexibility index (Phi) is 5.80. The maximum Gasteiger partial charge on any atom is 0.248 e. The van der Waals surface area contributed by atoms with Crippen molar-refractivity contribution in [1.29, 1.82) is 0 Å². The summed E-state index contributed by atoms with van der Waals surface area (Å²) in [6.07, 6.45) is 4.25. The van der Waals surface area contributed by atoms with Crippen LogP contribution in [0.2, 0.25) is 0 Å². The Morgan fingerprint density at radius 1 is 1.22 bits per heavy atom. The van der Waals surface area contributed by atoms with Crippen molar-refractivity contribution in [2.24, 2.45) is 0 Å². The van der Waals surface area contributed by atoms with E-state index < -0.39 is 0 Å². The van der Waals surface area contributed by atoms with Crippen molar-refractivity contribution in [2.75, 3.05) is 17.7 Å². The lowest BCUT2D eigenvalue weighted by molar-refractivity contribution is -0.111. The molecule has 0 radical (unpaired) electrons. The molecule has 120 valence electrons. The average Bonchev–Trinajstić information content (AvgIpc) is 2.56. The number of nitrogen functional groups attached to an aromatic ring is 1. The van der Waals surface area contributed by atoms with Crippen molar-refractivity contribution in [3.05, 3.63) is 59.7 Å². The van der Waals surface area contributed by atoms with E-state index in [9.17, 15) is 4.79 Å². The van der Waals surface area contributed by atoms with E-state index in [-0.39, 0.29) is 5.91 Å². The van der Waals surface area contributed by atoms with Gasteiger partial charge in [-0.15, -0.1) is 0 Å². The highest BCUT2D eigenvalue weighted by Gasteiger charge is 2.03. The summed E-state index contributed by atoms with van der Waals surface area (Å²) in [5, 5.41) is 2.83. The van der Waals surface area contributed by atoms with Gasteiger partial charge in [-0.3, -0.25) is 4.79 Å². The van der Waals surface area contributed by atoms with Crippen molar-refractivity contribution >= 4 is 23.4 Å². The third kappa shape index (κ3) is 4.88. The van der Waals surface area contributed by atoms with Gasteiger partial charge in [0.1, 0.15) is 5.75 Å². The number of nitrogens with two attached hydrogens (primary N) is 1.